The van der Waals surface area contributed by atoms with Gasteiger partial charge in [0.15, 0.2) is 0 Å². The molecule has 0 aromatic rings. The Morgan fingerprint density at radius 2 is 2.08 bits per heavy atom. The molecule has 2 aliphatic rings. The monoisotopic (exact) mass is 232 g/mol. The van der Waals surface area contributed by atoms with Crippen molar-refractivity contribution in [1.82, 2.24) is 0 Å². The number of rotatable bonds is 1. The molecule has 2 nitrogen and oxygen atoms in total. The quantitative estimate of drug-likeness (QED) is 0.709. The molecule has 0 bridgehead atoms. The van der Waals surface area contributed by atoms with Crippen LogP contribution in [-0.4, -0.2) is 8.42 Å². The van der Waals surface area contributed by atoms with Crippen LogP contribution in [0.15, 0.2) is 34.5 Å². The molecule has 0 amide bonds. The Bertz CT molecular complexity index is 501. The second-order valence-corrected chi connectivity index (χ2v) is 6.04. The van der Waals surface area contributed by atoms with Gasteiger partial charge in [-0.2, -0.15) is 0 Å². The highest BCUT2D eigenvalue weighted by Gasteiger charge is 2.12. The van der Waals surface area contributed by atoms with E-state index in [9.17, 15) is 8.42 Å². The third-order valence-electron chi connectivity index (χ3n) is 1.69. The average Bonchev–Trinajstić information content (AvgIpc) is 2.47. The lowest BCUT2D eigenvalue weighted by molar-refractivity contribution is 0.610. The minimum atomic E-state index is -3.59. The molecule has 0 spiro atoms. The molecule has 0 radical (unpaired) electrons. The first-order valence-corrected chi connectivity index (χ1v) is 6.68. The maximum absolute atomic E-state index is 11.0. The fourth-order valence-corrected chi connectivity index (χ4v) is 3.14. The van der Waals surface area contributed by atoms with Crippen molar-refractivity contribution in [3.8, 4) is 10.4 Å². The van der Waals surface area contributed by atoms with E-state index in [-0.39, 0.29) is 4.90 Å². The van der Waals surface area contributed by atoms with Crippen LogP contribution >= 0.6 is 22.0 Å². The van der Waals surface area contributed by atoms with E-state index < -0.39 is 9.05 Å². The van der Waals surface area contributed by atoms with Gasteiger partial charge in [-0.25, -0.2) is 8.42 Å². The summed E-state index contributed by atoms with van der Waals surface area (Å²) in [7, 11) is 1.62. The first-order valence-electron chi connectivity index (χ1n) is 3.49. The summed E-state index contributed by atoms with van der Waals surface area (Å²) in [4.78, 5) is 1.22. The van der Waals surface area contributed by atoms with E-state index in [2.05, 4.69) is 0 Å². The maximum Gasteiger partial charge on any atom is 0.262 e. The second-order valence-electron chi connectivity index (χ2n) is 2.57. The Balaban J connectivity index is 2.70. The van der Waals surface area contributed by atoms with Gasteiger partial charge in [-0.05, 0) is 17.7 Å². The van der Waals surface area contributed by atoms with Gasteiger partial charge in [0.2, 0.25) is 0 Å². The summed E-state index contributed by atoms with van der Waals surface area (Å²) in [6.07, 6.45) is 0. The largest absolute Gasteiger partial charge is 0.262 e. The zero-order chi connectivity index (χ0) is 9.47. The van der Waals surface area contributed by atoms with Crippen molar-refractivity contribution in [2.45, 2.75) is 4.90 Å². The van der Waals surface area contributed by atoms with E-state index in [1.54, 1.807) is 11.4 Å². The molecule has 2 rings (SSSR count). The van der Waals surface area contributed by atoms with Gasteiger partial charge in [-0.15, -0.1) is 11.3 Å². The van der Waals surface area contributed by atoms with Crippen molar-refractivity contribution >= 4 is 31.1 Å². The van der Waals surface area contributed by atoms with Crippen molar-refractivity contribution in [1.29, 1.82) is 0 Å². The van der Waals surface area contributed by atoms with Crippen LogP contribution in [0.4, 0.5) is 0 Å². The van der Waals surface area contributed by atoms with Crippen LogP contribution < -0.4 is 0 Å². The number of fused-ring (bicyclic) bond motifs is 1. The summed E-state index contributed by atoms with van der Waals surface area (Å²) >= 11 is 1.37. The highest BCUT2D eigenvalue weighted by molar-refractivity contribution is 8.13. The topological polar surface area (TPSA) is 34.1 Å². The highest BCUT2D eigenvalue weighted by atomic mass is 35.7. The van der Waals surface area contributed by atoms with E-state index in [0.717, 1.165) is 10.4 Å². The summed E-state index contributed by atoms with van der Waals surface area (Å²) in [5, 5.41) is 1.55. The summed E-state index contributed by atoms with van der Waals surface area (Å²) in [6, 6.07) is 7.25. The molecule has 1 heterocycles. The van der Waals surface area contributed by atoms with E-state index in [1.165, 1.54) is 11.3 Å². The molecule has 0 aromatic carbocycles. The Labute approximate surface area is 84.5 Å². The van der Waals surface area contributed by atoms with Crippen LogP contribution in [0, 0.1) is 0 Å². The Kier molecular flexibility index (Phi) is 2.06. The Hall–Kier alpha value is -0.580. The fourth-order valence-electron chi connectivity index (χ4n) is 1.08. The summed E-state index contributed by atoms with van der Waals surface area (Å²) in [5.41, 5.74) is 0.909. The smallest absolute Gasteiger partial charge is 0.207 e. The van der Waals surface area contributed by atoms with Crippen LogP contribution in [0.5, 0.6) is 0 Å². The molecule has 0 fully saturated rings. The van der Waals surface area contributed by atoms with Gasteiger partial charge < -0.3 is 0 Å². The van der Waals surface area contributed by atoms with Gasteiger partial charge in [-0.3, -0.25) is 0 Å². The molecular weight excluding hydrogens is 228 g/mol. The average molecular weight is 233 g/mol. The molecule has 5 heteroatoms. The minimum absolute atomic E-state index is 0.165. The van der Waals surface area contributed by atoms with Crippen molar-refractivity contribution < 1.29 is 8.42 Å². The van der Waals surface area contributed by atoms with Gasteiger partial charge in [0.25, 0.3) is 9.05 Å². The van der Waals surface area contributed by atoms with Gasteiger partial charge in [-0.1, -0.05) is 12.1 Å². The molecule has 68 valence electrons. The highest BCUT2D eigenvalue weighted by Crippen LogP contribution is 2.31. The lowest BCUT2D eigenvalue weighted by Crippen LogP contribution is -1.89. The predicted molar refractivity (Wildman–Crippen MR) is 54.0 cm³/mol. The molecule has 1 aliphatic heterocycles. The van der Waals surface area contributed by atoms with Crippen molar-refractivity contribution in [2.24, 2.45) is 0 Å². The predicted octanol–water partition coefficient (Wildman–Crippen LogP) is 2.78. The van der Waals surface area contributed by atoms with Gasteiger partial charge >= 0.3 is 0 Å². The summed E-state index contributed by atoms with van der Waals surface area (Å²) in [5.74, 6) is 0. The van der Waals surface area contributed by atoms with Crippen molar-refractivity contribution in [3.63, 3.8) is 0 Å². The molecule has 13 heavy (non-hydrogen) atoms. The first-order chi connectivity index (χ1) is 6.07. The molecule has 0 saturated carbocycles. The Morgan fingerprint density at radius 3 is 2.77 bits per heavy atom. The van der Waals surface area contributed by atoms with E-state index in [1.807, 2.05) is 18.2 Å². The normalized spacial score (nSPS) is 12.1. The number of hydrogen-bond acceptors (Lipinski definition) is 3. The van der Waals surface area contributed by atoms with Crippen LogP contribution in [0.2, 0.25) is 0 Å². The SMILES string of the molecule is O=S(=O)(Cl)c1csc2cccc-2c1. The maximum atomic E-state index is 11.0. The molecule has 0 unspecified atom stereocenters. The van der Waals surface area contributed by atoms with Gasteiger partial charge in [0, 0.05) is 20.9 Å². The van der Waals surface area contributed by atoms with Gasteiger partial charge in [0.05, 0.1) is 4.90 Å². The fraction of sp³-hybridized carbons (Fsp3) is 0. The van der Waals surface area contributed by atoms with E-state index in [0.29, 0.717) is 0 Å². The van der Waals surface area contributed by atoms with Crippen molar-refractivity contribution in [3.05, 3.63) is 29.6 Å². The molecule has 1 aliphatic carbocycles. The van der Waals surface area contributed by atoms with Crippen LogP contribution in [0.1, 0.15) is 0 Å². The summed E-state index contributed by atoms with van der Waals surface area (Å²) in [6.45, 7) is 0. The Morgan fingerprint density at radius 1 is 1.31 bits per heavy atom. The standard InChI is InChI=1S/C8H5ClO2S2/c9-13(10,11)7-4-6-2-1-3-8(6)12-5-7/h1-5H. The van der Waals surface area contributed by atoms with Crippen molar-refractivity contribution in [2.75, 3.05) is 0 Å². The first kappa shape index (κ1) is 8.99. The molecule has 0 saturated heterocycles. The molecular formula is C8H5ClO2S2. The third-order valence-corrected chi connectivity index (χ3v) is 4.17. The zero-order valence-electron chi connectivity index (χ0n) is 6.40. The number of hydrogen-bond donors (Lipinski definition) is 0. The van der Waals surface area contributed by atoms with E-state index in [4.69, 9.17) is 10.7 Å². The lowest BCUT2D eigenvalue weighted by atomic mass is 10.3. The second kappa shape index (κ2) is 2.97. The van der Waals surface area contributed by atoms with E-state index >= 15 is 0 Å². The molecule has 0 atom stereocenters. The zero-order valence-corrected chi connectivity index (χ0v) is 8.79. The molecule has 0 aromatic heterocycles. The number of halogens is 1. The molecule has 0 N–H and O–H groups in total. The lowest BCUT2D eigenvalue weighted by Gasteiger charge is -1.99. The van der Waals surface area contributed by atoms with Crippen LogP contribution in [-0.2, 0) is 9.05 Å². The summed E-state index contributed by atoms with van der Waals surface area (Å²) < 4.78 is 21.9. The van der Waals surface area contributed by atoms with Crippen LogP contribution in [0.25, 0.3) is 10.4 Å². The third kappa shape index (κ3) is 1.70. The minimum Gasteiger partial charge on any atom is -0.207 e. The van der Waals surface area contributed by atoms with Crippen LogP contribution in [0.3, 0.4) is 0 Å². The van der Waals surface area contributed by atoms with Gasteiger partial charge in [0.1, 0.15) is 0 Å².